The van der Waals surface area contributed by atoms with Crippen molar-refractivity contribution in [1.29, 1.82) is 0 Å². The lowest BCUT2D eigenvalue weighted by atomic mass is 9.93. The molecule has 2 rings (SSSR count). The second kappa shape index (κ2) is 7.83. The molecule has 1 heterocycles. The predicted octanol–water partition coefficient (Wildman–Crippen LogP) is 3.20. The van der Waals surface area contributed by atoms with Crippen LogP contribution in [-0.2, 0) is 9.59 Å². The van der Waals surface area contributed by atoms with Crippen molar-refractivity contribution in [3.63, 3.8) is 0 Å². The monoisotopic (exact) mass is 405 g/mol. The molecule has 1 aliphatic rings. The third-order valence-electron chi connectivity index (χ3n) is 3.93. The highest BCUT2D eigenvalue weighted by Crippen LogP contribution is 2.26. The summed E-state index contributed by atoms with van der Waals surface area (Å²) in [6.45, 7) is 0.796. The van der Waals surface area contributed by atoms with Crippen LogP contribution in [-0.4, -0.2) is 39.8 Å². The van der Waals surface area contributed by atoms with Crippen LogP contribution in [0.5, 0.6) is 0 Å². The summed E-state index contributed by atoms with van der Waals surface area (Å²) in [7, 11) is 0. The lowest BCUT2D eigenvalue weighted by molar-refractivity contribution is -0.137. The maximum Gasteiger partial charge on any atom is 0.317 e. The van der Waals surface area contributed by atoms with E-state index >= 15 is 0 Å². The Balaban J connectivity index is 1.95. The van der Waals surface area contributed by atoms with E-state index in [1.807, 2.05) is 0 Å². The van der Waals surface area contributed by atoms with Gasteiger partial charge in [0.05, 0.1) is 0 Å². The standard InChI is InChI=1S/C16H15BrF3NO3/c17-14(16(23)24)10-3-5-21(6-4-10)13(22)2-1-9-7-11(18)15(20)12(19)8-9/h1-2,7-8,10,14H,3-6H2,(H,23,24)/b2-1+. The van der Waals surface area contributed by atoms with Crippen molar-refractivity contribution in [3.8, 4) is 0 Å². The smallest absolute Gasteiger partial charge is 0.317 e. The zero-order valence-corrected chi connectivity index (χ0v) is 14.1. The summed E-state index contributed by atoms with van der Waals surface area (Å²) in [5, 5.41) is 8.96. The molecule has 8 heteroatoms. The van der Waals surface area contributed by atoms with Crippen LogP contribution in [0.3, 0.4) is 0 Å². The second-order valence-electron chi connectivity index (χ2n) is 5.53. The Morgan fingerprint density at radius 1 is 1.21 bits per heavy atom. The number of aliphatic carboxylic acids is 1. The van der Waals surface area contributed by atoms with E-state index in [0.29, 0.717) is 25.9 Å². The molecule has 0 radical (unpaired) electrons. The molecule has 1 aromatic carbocycles. The Bertz CT molecular complexity index is 650. The summed E-state index contributed by atoms with van der Waals surface area (Å²) < 4.78 is 39.1. The number of carbonyl (C=O) groups is 2. The Kier molecular flexibility index (Phi) is 6.04. The number of likely N-dealkylation sites (tertiary alicyclic amines) is 1. The van der Waals surface area contributed by atoms with Gasteiger partial charge in [-0.3, -0.25) is 9.59 Å². The quantitative estimate of drug-likeness (QED) is 0.475. The summed E-state index contributed by atoms with van der Waals surface area (Å²) >= 11 is 3.12. The van der Waals surface area contributed by atoms with Gasteiger partial charge < -0.3 is 10.0 Å². The molecule has 1 fully saturated rings. The van der Waals surface area contributed by atoms with E-state index in [0.717, 1.165) is 18.2 Å². The van der Waals surface area contributed by atoms with E-state index in [4.69, 9.17) is 5.11 Å². The average molecular weight is 406 g/mol. The molecule has 0 saturated carbocycles. The highest BCUT2D eigenvalue weighted by molar-refractivity contribution is 9.10. The normalized spacial score (nSPS) is 17.2. The van der Waals surface area contributed by atoms with Gasteiger partial charge in [-0.1, -0.05) is 15.9 Å². The Labute approximate surface area is 145 Å². The molecule has 130 valence electrons. The van der Waals surface area contributed by atoms with Crippen molar-refractivity contribution >= 4 is 33.9 Å². The molecule has 1 unspecified atom stereocenters. The van der Waals surface area contributed by atoms with E-state index in [1.54, 1.807) is 0 Å². The SMILES string of the molecule is O=C(O)C(Br)C1CCN(C(=O)/C=C/c2cc(F)c(F)c(F)c2)CC1. The summed E-state index contributed by atoms with van der Waals surface area (Å²) in [4.78, 5) is 23.9. The number of carbonyl (C=O) groups excluding carboxylic acids is 1. The van der Waals surface area contributed by atoms with E-state index in [9.17, 15) is 22.8 Å². The Morgan fingerprint density at radius 2 is 1.75 bits per heavy atom. The van der Waals surface area contributed by atoms with Crippen LogP contribution < -0.4 is 0 Å². The van der Waals surface area contributed by atoms with Gasteiger partial charge in [0.2, 0.25) is 5.91 Å². The number of amides is 1. The largest absolute Gasteiger partial charge is 0.480 e. The van der Waals surface area contributed by atoms with Gasteiger partial charge in [0.1, 0.15) is 4.83 Å². The van der Waals surface area contributed by atoms with E-state index in [-0.39, 0.29) is 17.4 Å². The molecule has 0 spiro atoms. The first-order chi connectivity index (χ1) is 11.3. The fourth-order valence-electron chi connectivity index (χ4n) is 2.56. The lowest BCUT2D eigenvalue weighted by Crippen LogP contribution is -2.40. The second-order valence-corrected chi connectivity index (χ2v) is 6.52. The molecule has 0 bridgehead atoms. The van der Waals surface area contributed by atoms with Gasteiger partial charge in [-0.15, -0.1) is 0 Å². The molecule has 1 aliphatic heterocycles. The zero-order valence-electron chi connectivity index (χ0n) is 12.5. The molecule has 24 heavy (non-hydrogen) atoms. The molecule has 1 aromatic rings. The van der Waals surface area contributed by atoms with Gasteiger partial charge in [0.15, 0.2) is 17.5 Å². The number of carboxylic acids is 1. The molecule has 1 saturated heterocycles. The number of benzene rings is 1. The average Bonchev–Trinajstić information content (AvgIpc) is 2.56. The van der Waals surface area contributed by atoms with Crippen molar-refractivity contribution in [2.75, 3.05) is 13.1 Å². The molecular weight excluding hydrogens is 391 g/mol. The Morgan fingerprint density at radius 3 is 2.25 bits per heavy atom. The van der Waals surface area contributed by atoms with E-state index in [2.05, 4.69) is 15.9 Å². The molecule has 1 amide bonds. The van der Waals surface area contributed by atoms with E-state index in [1.165, 1.54) is 11.0 Å². The molecule has 0 aliphatic carbocycles. The van der Waals surface area contributed by atoms with Gasteiger partial charge in [-0.2, -0.15) is 0 Å². The third-order valence-corrected chi connectivity index (χ3v) is 5.06. The molecule has 1 atom stereocenters. The summed E-state index contributed by atoms with van der Waals surface area (Å²) in [6.07, 6.45) is 3.46. The number of hydrogen-bond acceptors (Lipinski definition) is 2. The van der Waals surface area contributed by atoms with Crippen molar-refractivity contribution in [1.82, 2.24) is 4.90 Å². The number of nitrogens with zero attached hydrogens (tertiary/aromatic N) is 1. The molecule has 4 nitrogen and oxygen atoms in total. The number of hydrogen-bond donors (Lipinski definition) is 1. The van der Waals surface area contributed by atoms with Crippen LogP contribution in [0.2, 0.25) is 0 Å². The van der Waals surface area contributed by atoms with Crippen LogP contribution in [0, 0.1) is 23.4 Å². The van der Waals surface area contributed by atoms with Crippen molar-refractivity contribution < 1.29 is 27.9 Å². The minimum atomic E-state index is -1.55. The number of halogens is 4. The summed E-state index contributed by atoms with van der Waals surface area (Å²) in [5.41, 5.74) is 0.0426. The van der Waals surface area contributed by atoms with Crippen LogP contribution in [0.4, 0.5) is 13.2 Å². The summed E-state index contributed by atoms with van der Waals surface area (Å²) in [5.74, 6) is -5.53. The highest BCUT2D eigenvalue weighted by atomic mass is 79.9. The zero-order chi connectivity index (χ0) is 17.9. The Hall–Kier alpha value is -1.83. The number of piperidine rings is 1. The fourth-order valence-corrected chi connectivity index (χ4v) is 3.09. The van der Waals surface area contributed by atoms with Crippen molar-refractivity contribution in [3.05, 3.63) is 41.2 Å². The lowest BCUT2D eigenvalue weighted by Gasteiger charge is -2.32. The predicted molar refractivity (Wildman–Crippen MR) is 85.0 cm³/mol. The van der Waals surface area contributed by atoms with Gasteiger partial charge in [0, 0.05) is 19.2 Å². The fraction of sp³-hybridized carbons (Fsp3) is 0.375. The van der Waals surface area contributed by atoms with Gasteiger partial charge in [-0.05, 0) is 42.5 Å². The molecule has 0 aromatic heterocycles. The van der Waals surface area contributed by atoms with E-state index < -0.39 is 28.2 Å². The van der Waals surface area contributed by atoms with Gasteiger partial charge in [0.25, 0.3) is 0 Å². The minimum absolute atomic E-state index is 0.0426. The van der Waals surface area contributed by atoms with Crippen molar-refractivity contribution in [2.45, 2.75) is 17.7 Å². The van der Waals surface area contributed by atoms with Gasteiger partial charge in [-0.25, -0.2) is 13.2 Å². The number of carboxylic acid groups (broad SMARTS) is 1. The van der Waals surface area contributed by atoms with Gasteiger partial charge >= 0.3 is 5.97 Å². The number of rotatable bonds is 4. The topological polar surface area (TPSA) is 57.6 Å². The van der Waals surface area contributed by atoms with Crippen LogP contribution in [0.25, 0.3) is 6.08 Å². The summed E-state index contributed by atoms with van der Waals surface area (Å²) in [6, 6.07) is 1.60. The van der Waals surface area contributed by atoms with Crippen molar-refractivity contribution in [2.24, 2.45) is 5.92 Å². The maximum atomic E-state index is 13.1. The first-order valence-electron chi connectivity index (χ1n) is 7.28. The minimum Gasteiger partial charge on any atom is -0.480 e. The number of alkyl halides is 1. The third kappa shape index (κ3) is 4.37. The van der Waals surface area contributed by atoms with Crippen LogP contribution in [0.15, 0.2) is 18.2 Å². The van der Waals surface area contributed by atoms with Crippen LogP contribution >= 0.6 is 15.9 Å². The molecule has 1 N–H and O–H groups in total. The first kappa shape index (κ1) is 18.5. The molecular formula is C16H15BrF3NO3. The highest BCUT2D eigenvalue weighted by Gasteiger charge is 2.30. The maximum absolute atomic E-state index is 13.1. The van der Waals surface area contributed by atoms with Crippen LogP contribution in [0.1, 0.15) is 18.4 Å². The first-order valence-corrected chi connectivity index (χ1v) is 8.19.